The fraction of sp³-hybridized carbons (Fsp3) is 0.310. The predicted octanol–water partition coefficient (Wildman–Crippen LogP) is 6.57. The summed E-state index contributed by atoms with van der Waals surface area (Å²) in [4.78, 5) is 28.6. The van der Waals surface area contributed by atoms with E-state index in [-0.39, 0.29) is 33.1 Å². The van der Waals surface area contributed by atoms with Gasteiger partial charge in [-0.2, -0.15) is 0 Å². The van der Waals surface area contributed by atoms with Crippen molar-refractivity contribution >= 4 is 62.3 Å². The summed E-state index contributed by atoms with van der Waals surface area (Å²) in [7, 11) is -4.25. The quantitative estimate of drug-likeness (QED) is 0.218. The lowest BCUT2D eigenvalue weighted by atomic mass is 10.1. The van der Waals surface area contributed by atoms with E-state index in [0.29, 0.717) is 18.0 Å². The Labute approximate surface area is 251 Å². The molecule has 0 bridgehead atoms. The number of sulfonamides is 1. The fourth-order valence-electron chi connectivity index (χ4n) is 4.12. The first-order valence-corrected chi connectivity index (χ1v) is 15.5. The van der Waals surface area contributed by atoms with Gasteiger partial charge in [-0.05, 0) is 60.9 Å². The summed E-state index contributed by atoms with van der Waals surface area (Å²) >= 11 is 18.7. The van der Waals surface area contributed by atoms with Gasteiger partial charge in [0.25, 0.3) is 10.0 Å². The van der Waals surface area contributed by atoms with Crippen molar-refractivity contribution in [3.63, 3.8) is 0 Å². The maximum atomic E-state index is 14.0. The van der Waals surface area contributed by atoms with Crippen LogP contribution in [0, 0.1) is 0 Å². The molecule has 7 nitrogen and oxygen atoms in total. The predicted molar refractivity (Wildman–Crippen MR) is 161 cm³/mol. The molecule has 0 aliphatic carbocycles. The lowest BCUT2D eigenvalue weighted by Crippen LogP contribution is -2.52. The maximum Gasteiger partial charge on any atom is 0.264 e. The van der Waals surface area contributed by atoms with Crippen LogP contribution in [0.4, 0.5) is 5.69 Å². The van der Waals surface area contributed by atoms with Crippen molar-refractivity contribution in [1.29, 1.82) is 0 Å². The normalized spacial score (nSPS) is 12.0. The van der Waals surface area contributed by atoms with Gasteiger partial charge in [-0.15, -0.1) is 0 Å². The van der Waals surface area contributed by atoms with Crippen molar-refractivity contribution in [3.8, 4) is 0 Å². The third kappa shape index (κ3) is 8.13. The highest BCUT2D eigenvalue weighted by molar-refractivity contribution is 7.92. The Morgan fingerprint density at radius 1 is 0.900 bits per heavy atom. The van der Waals surface area contributed by atoms with Crippen LogP contribution in [0.2, 0.25) is 15.1 Å². The Hall–Kier alpha value is -2.78. The van der Waals surface area contributed by atoms with E-state index in [2.05, 4.69) is 5.32 Å². The molecule has 3 rings (SSSR count). The highest BCUT2D eigenvalue weighted by Gasteiger charge is 2.34. The number of carbonyl (C=O) groups is 2. The first-order chi connectivity index (χ1) is 19.1. The molecule has 2 amide bonds. The number of carbonyl (C=O) groups excluding carboxylic acids is 2. The Balaban J connectivity index is 2.06. The van der Waals surface area contributed by atoms with E-state index >= 15 is 0 Å². The lowest BCUT2D eigenvalue weighted by molar-refractivity contribution is -0.140. The van der Waals surface area contributed by atoms with Crippen LogP contribution < -0.4 is 9.62 Å². The molecule has 1 atom stereocenters. The molecule has 0 unspecified atom stereocenters. The van der Waals surface area contributed by atoms with E-state index in [1.54, 1.807) is 49.4 Å². The molecule has 0 heterocycles. The van der Waals surface area contributed by atoms with Gasteiger partial charge in [-0.25, -0.2) is 8.42 Å². The van der Waals surface area contributed by atoms with Crippen LogP contribution in [0.1, 0.15) is 38.7 Å². The molecule has 11 heteroatoms. The second-order valence-electron chi connectivity index (χ2n) is 9.14. The zero-order valence-electron chi connectivity index (χ0n) is 22.3. The number of anilines is 1. The molecule has 0 saturated heterocycles. The summed E-state index contributed by atoms with van der Waals surface area (Å²) < 4.78 is 28.7. The van der Waals surface area contributed by atoms with E-state index in [0.717, 1.165) is 22.7 Å². The highest BCUT2D eigenvalue weighted by Crippen LogP contribution is 2.33. The molecule has 0 saturated carbocycles. The monoisotopic (exact) mass is 623 g/mol. The van der Waals surface area contributed by atoms with Crippen LogP contribution in [0.3, 0.4) is 0 Å². The van der Waals surface area contributed by atoms with Crippen LogP contribution in [-0.4, -0.2) is 44.3 Å². The summed E-state index contributed by atoms with van der Waals surface area (Å²) in [6.45, 7) is 3.75. The van der Waals surface area contributed by atoms with Gasteiger partial charge in [0.15, 0.2) is 0 Å². The van der Waals surface area contributed by atoms with E-state index in [1.807, 2.05) is 6.92 Å². The number of unbranched alkanes of at least 4 members (excludes halogenated alkanes) is 1. The number of rotatable bonds is 13. The Morgan fingerprint density at radius 2 is 1.55 bits per heavy atom. The summed E-state index contributed by atoms with van der Waals surface area (Å²) in [6.07, 6.45) is 2.02. The Kier molecular flexibility index (Phi) is 11.7. The van der Waals surface area contributed by atoms with Crippen molar-refractivity contribution in [2.24, 2.45) is 0 Å². The van der Waals surface area contributed by atoms with Gasteiger partial charge in [0.05, 0.1) is 15.6 Å². The number of hydrogen-bond donors (Lipinski definition) is 1. The minimum atomic E-state index is -4.25. The Morgan fingerprint density at radius 3 is 2.17 bits per heavy atom. The third-order valence-electron chi connectivity index (χ3n) is 6.27. The second kappa shape index (κ2) is 14.7. The minimum absolute atomic E-state index is 0.0209. The maximum absolute atomic E-state index is 14.0. The molecule has 0 fully saturated rings. The number of nitrogens with one attached hydrogen (secondary N) is 1. The van der Waals surface area contributed by atoms with Gasteiger partial charge in [0.1, 0.15) is 12.6 Å². The van der Waals surface area contributed by atoms with Crippen molar-refractivity contribution in [3.05, 3.63) is 93.4 Å². The van der Waals surface area contributed by atoms with Crippen molar-refractivity contribution in [2.45, 2.75) is 50.6 Å². The van der Waals surface area contributed by atoms with E-state index in [1.165, 1.54) is 35.2 Å². The van der Waals surface area contributed by atoms with Crippen LogP contribution in [0.25, 0.3) is 0 Å². The zero-order valence-corrected chi connectivity index (χ0v) is 25.4. The summed E-state index contributed by atoms with van der Waals surface area (Å²) in [5.74, 6) is -0.889. The lowest BCUT2D eigenvalue weighted by Gasteiger charge is -2.33. The standard InChI is InChI=1S/C29H32Cl3N3O4S/c1-3-5-17-33-29(37)26(4-2)34(19-21-11-13-22(30)14-12-21)28(36)20-35(27-18-23(31)15-16-25(27)32)40(38,39)24-9-7-6-8-10-24/h6-16,18,26H,3-5,17,19-20H2,1-2H3,(H,33,37)/t26-/m1/s1. The molecule has 0 radical (unpaired) electrons. The highest BCUT2D eigenvalue weighted by atomic mass is 35.5. The minimum Gasteiger partial charge on any atom is -0.354 e. The van der Waals surface area contributed by atoms with Crippen molar-refractivity contribution < 1.29 is 18.0 Å². The second-order valence-corrected chi connectivity index (χ2v) is 12.3. The van der Waals surface area contributed by atoms with Crippen LogP contribution in [0.5, 0.6) is 0 Å². The molecule has 40 heavy (non-hydrogen) atoms. The molecule has 3 aromatic carbocycles. The average molecular weight is 625 g/mol. The van der Waals surface area contributed by atoms with Crippen LogP contribution in [-0.2, 0) is 26.2 Å². The van der Waals surface area contributed by atoms with Gasteiger partial charge in [0.2, 0.25) is 11.8 Å². The molecule has 0 aliphatic rings. The first-order valence-electron chi connectivity index (χ1n) is 12.9. The molecule has 3 aromatic rings. The number of halogens is 3. The molecular weight excluding hydrogens is 593 g/mol. The van der Waals surface area contributed by atoms with E-state index < -0.39 is 28.5 Å². The number of benzene rings is 3. The topological polar surface area (TPSA) is 86.8 Å². The van der Waals surface area contributed by atoms with E-state index in [4.69, 9.17) is 34.8 Å². The van der Waals surface area contributed by atoms with Crippen LogP contribution >= 0.6 is 34.8 Å². The average Bonchev–Trinajstić information content (AvgIpc) is 2.94. The molecular formula is C29H32Cl3N3O4S. The summed E-state index contributed by atoms with van der Waals surface area (Å²) in [5, 5.41) is 3.78. The zero-order chi connectivity index (χ0) is 29.3. The van der Waals surface area contributed by atoms with Gasteiger partial charge in [-0.1, -0.05) is 85.4 Å². The third-order valence-corrected chi connectivity index (χ3v) is 8.85. The first kappa shape index (κ1) is 31.7. The molecule has 0 spiro atoms. The fourth-order valence-corrected chi connectivity index (χ4v) is 6.13. The Bertz CT molecular complexity index is 1400. The van der Waals surface area contributed by atoms with Gasteiger partial charge >= 0.3 is 0 Å². The number of nitrogens with zero attached hydrogens (tertiary/aromatic N) is 2. The number of amides is 2. The largest absolute Gasteiger partial charge is 0.354 e. The van der Waals surface area contributed by atoms with Crippen molar-refractivity contribution in [1.82, 2.24) is 10.2 Å². The molecule has 0 aliphatic heterocycles. The number of hydrogen-bond acceptors (Lipinski definition) is 4. The summed E-state index contributed by atoms with van der Waals surface area (Å²) in [5.41, 5.74) is 0.786. The van der Waals surface area contributed by atoms with Crippen molar-refractivity contribution in [2.75, 3.05) is 17.4 Å². The van der Waals surface area contributed by atoms with Crippen LogP contribution in [0.15, 0.2) is 77.7 Å². The SMILES string of the molecule is CCCCNC(=O)[C@@H](CC)N(Cc1ccc(Cl)cc1)C(=O)CN(c1cc(Cl)ccc1Cl)S(=O)(=O)c1ccccc1. The molecule has 214 valence electrons. The molecule has 0 aromatic heterocycles. The van der Waals surface area contributed by atoms with E-state index in [9.17, 15) is 18.0 Å². The van der Waals surface area contributed by atoms with Gasteiger partial charge in [0, 0.05) is 23.1 Å². The van der Waals surface area contributed by atoms with Gasteiger partial charge in [-0.3, -0.25) is 13.9 Å². The smallest absolute Gasteiger partial charge is 0.264 e. The van der Waals surface area contributed by atoms with Gasteiger partial charge < -0.3 is 10.2 Å². The summed E-state index contributed by atoms with van der Waals surface area (Å²) in [6, 6.07) is 18.2. The molecule has 1 N–H and O–H groups in total.